The van der Waals surface area contributed by atoms with Crippen molar-refractivity contribution in [2.75, 3.05) is 6.61 Å². The van der Waals surface area contributed by atoms with Crippen LogP contribution in [0.1, 0.15) is 46.5 Å². The molecule has 17 heavy (non-hydrogen) atoms. The molecular weight excluding hydrogens is 212 g/mol. The van der Waals surface area contributed by atoms with Gasteiger partial charge >= 0.3 is 0 Å². The normalized spacial score (nSPS) is 53.1. The summed E-state index contributed by atoms with van der Waals surface area (Å²) in [5, 5.41) is 20.1. The van der Waals surface area contributed by atoms with Crippen LogP contribution in [0.15, 0.2) is 11.1 Å². The van der Waals surface area contributed by atoms with Crippen molar-refractivity contribution < 1.29 is 10.2 Å². The molecule has 0 radical (unpaired) electrons. The quantitative estimate of drug-likeness (QED) is 0.687. The first-order chi connectivity index (χ1) is 7.91. The summed E-state index contributed by atoms with van der Waals surface area (Å²) in [5.74, 6) is 0.961. The van der Waals surface area contributed by atoms with Crippen LogP contribution in [0, 0.1) is 22.7 Å². The fourth-order valence-electron chi connectivity index (χ4n) is 4.84. The highest BCUT2D eigenvalue weighted by atomic mass is 16.3. The Morgan fingerprint density at radius 2 is 2.00 bits per heavy atom. The molecule has 0 aliphatic heterocycles. The lowest BCUT2D eigenvalue weighted by molar-refractivity contribution is 0.0180. The summed E-state index contributed by atoms with van der Waals surface area (Å²) >= 11 is 0. The first-order valence-electron chi connectivity index (χ1n) is 6.90. The minimum absolute atomic E-state index is 0.0324. The van der Waals surface area contributed by atoms with Gasteiger partial charge in [0.25, 0.3) is 0 Å². The highest BCUT2D eigenvalue weighted by molar-refractivity contribution is 5.36. The van der Waals surface area contributed by atoms with E-state index in [1.54, 1.807) is 0 Å². The fourth-order valence-corrected chi connectivity index (χ4v) is 4.84. The molecule has 0 spiro atoms. The first-order valence-corrected chi connectivity index (χ1v) is 6.90. The largest absolute Gasteiger partial charge is 0.396 e. The molecule has 0 aromatic carbocycles. The Kier molecular flexibility index (Phi) is 2.32. The maximum atomic E-state index is 10.5. The van der Waals surface area contributed by atoms with E-state index in [9.17, 15) is 10.2 Å². The van der Waals surface area contributed by atoms with Gasteiger partial charge in [-0.1, -0.05) is 19.4 Å². The molecule has 5 atom stereocenters. The average molecular weight is 236 g/mol. The highest BCUT2D eigenvalue weighted by Crippen LogP contribution is 2.66. The molecule has 3 aliphatic rings. The van der Waals surface area contributed by atoms with Gasteiger partial charge in [0, 0.05) is 6.61 Å². The van der Waals surface area contributed by atoms with E-state index >= 15 is 0 Å². The first kappa shape index (κ1) is 11.7. The smallest absolute Gasteiger partial charge is 0.0781 e. The topological polar surface area (TPSA) is 40.5 Å². The molecule has 2 heteroatoms. The predicted molar refractivity (Wildman–Crippen MR) is 67.5 cm³/mol. The molecule has 0 amide bonds. The molecule has 2 fully saturated rings. The second-order valence-corrected chi connectivity index (χ2v) is 7.17. The lowest BCUT2D eigenvalue weighted by atomic mass is 9.51. The molecule has 2 nitrogen and oxygen atoms in total. The Morgan fingerprint density at radius 1 is 1.29 bits per heavy atom. The summed E-state index contributed by atoms with van der Waals surface area (Å²) in [6.45, 7) is 6.93. The van der Waals surface area contributed by atoms with Gasteiger partial charge in [0.05, 0.1) is 6.10 Å². The Balaban J connectivity index is 2.00. The minimum Gasteiger partial charge on any atom is -0.396 e. The van der Waals surface area contributed by atoms with E-state index in [1.165, 1.54) is 24.0 Å². The summed E-state index contributed by atoms with van der Waals surface area (Å²) in [7, 11) is 0. The molecule has 0 heterocycles. The van der Waals surface area contributed by atoms with Crippen molar-refractivity contribution in [1.82, 2.24) is 0 Å². The highest BCUT2D eigenvalue weighted by Gasteiger charge is 2.59. The van der Waals surface area contributed by atoms with Crippen LogP contribution in [0.5, 0.6) is 0 Å². The zero-order valence-electron chi connectivity index (χ0n) is 11.2. The predicted octanol–water partition coefficient (Wildman–Crippen LogP) is 2.50. The van der Waals surface area contributed by atoms with Gasteiger partial charge in [-0.25, -0.2) is 0 Å². The monoisotopic (exact) mass is 236 g/mol. The number of allylic oxidation sites excluding steroid dienone is 1. The Bertz CT molecular complexity index is 386. The second-order valence-electron chi connectivity index (χ2n) is 7.17. The summed E-state index contributed by atoms with van der Waals surface area (Å²) in [5.41, 5.74) is 3.13. The number of rotatable bonds is 1. The summed E-state index contributed by atoms with van der Waals surface area (Å²) in [6.07, 6.45) is 4.26. The molecular formula is C15H24O2. The number of hydrogen-bond donors (Lipinski definition) is 2. The van der Waals surface area contributed by atoms with E-state index in [2.05, 4.69) is 20.8 Å². The van der Waals surface area contributed by atoms with E-state index in [-0.39, 0.29) is 18.1 Å². The van der Waals surface area contributed by atoms with Gasteiger partial charge in [0.15, 0.2) is 0 Å². The van der Waals surface area contributed by atoms with E-state index in [1.807, 2.05) is 0 Å². The van der Waals surface area contributed by atoms with E-state index in [0.717, 1.165) is 12.8 Å². The van der Waals surface area contributed by atoms with Crippen LogP contribution in [0.25, 0.3) is 0 Å². The van der Waals surface area contributed by atoms with Crippen molar-refractivity contribution in [3.05, 3.63) is 11.1 Å². The lowest BCUT2D eigenvalue weighted by Gasteiger charge is -2.54. The standard InChI is InChI=1S/C15H24O2/c1-9-11-4-5-15(11,3)12-7-14(2,8-16)6-10(12)13(9)17/h10,12-13,16-17H,4-8H2,1-3H3. The minimum atomic E-state index is -0.253. The van der Waals surface area contributed by atoms with Gasteiger partial charge in [0.2, 0.25) is 0 Å². The van der Waals surface area contributed by atoms with Crippen LogP contribution in [-0.2, 0) is 0 Å². The Labute approximate surface area is 104 Å². The number of aliphatic hydroxyl groups excluding tert-OH is 2. The third kappa shape index (κ3) is 1.34. The van der Waals surface area contributed by atoms with Crippen molar-refractivity contribution in [2.45, 2.75) is 52.6 Å². The van der Waals surface area contributed by atoms with E-state index in [0.29, 0.717) is 17.3 Å². The van der Waals surface area contributed by atoms with Crippen LogP contribution in [-0.4, -0.2) is 22.9 Å². The molecule has 2 N–H and O–H groups in total. The van der Waals surface area contributed by atoms with Gasteiger partial charge in [-0.2, -0.15) is 0 Å². The van der Waals surface area contributed by atoms with Crippen molar-refractivity contribution in [1.29, 1.82) is 0 Å². The third-order valence-electron chi connectivity index (χ3n) is 6.07. The van der Waals surface area contributed by atoms with E-state index < -0.39 is 0 Å². The molecule has 96 valence electrons. The molecule has 2 saturated carbocycles. The molecule has 0 aromatic rings. The van der Waals surface area contributed by atoms with Gasteiger partial charge in [-0.3, -0.25) is 0 Å². The Morgan fingerprint density at radius 3 is 2.53 bits per heavy atom. The van der Waals surface area contributed by atoms with Crippen molar-refractivity contribution in [3.63, 3.8) is 0 Å². The lowest BCUT2D eigenvalue weighted by Crippen LogP contribution is -2.48. The van der Waals surface area contributed by atoms with Crippen LogP contribution in [0.3, 0.4) is 0 Å². The Hall–Kier alpha value is -0.340. The molecule has 3 aliphatic carbocycles. The number of aliphatic hydroxyl groups is 2. The van der Waals surface area contributed by atoms with Crippen molar-refractivity contribution >= 4 is 0 Å². The van der Waals surface area contributed by atoms with Crippen LogP contribution in [0.4, 0.5) is 0 Å². The summed E-state index contributed by atoms with van der Waals surface area (Å²) < 4.78 is 0. The SMILES string of the molecule is CC1=C2CCC2(C)C2CC(C)(CO)CC2C1O. The fraction of sp³-hybridized carbons (Fsp3) is 0.867. The molecule has 0 aromatic heterocycles. The molecule has 5 unspecified atom stereocenters. The third-order valence-corrected chi connectivity index (χ3v) is 6.07. The zero-order valence-corrected chi connectivity index (χ0v) is 11.2. The van der Waals surface area contributed by atoms with Gasteiger partial charge < -0.3 is 10.2 Å². The average Bonchev–Trinajstić information content (AvgIpc) is 2.64. The second kappa shape index (κ2) is 3.36. The van der Waals surface area contributed by atoms with Gasteiger partial charge in [-0.15, -0.1) is 0 Å². The molecule has 0 bridgehead atoms. The van der Waals surface area contributed by atoms with Crippen LogP contribution < -0.4 is 0 Å². The maximum absolute atomic E-state index is 10.5. The van der Waals surface area contributed by atoms with Crippen LogP contribution in [0.2, 0.25) is 0 Å². The summed E-state index contributed by atoms with van der Waals surface area (Å²) in [6, 6.07) is 0. The maximum Gasteiger partial charge on any atom is 0.0781 e. The van der Waals surface area contributed by atoms with Crippen LogP contribution >= 0.6 is 0 Å². The molecule has 0 saturated heterocycles. The van der Waals surface area contributed by atoms with Crippen molar-refractivity contribution in [3.8, 4) is 0 Å². The number of hydrogen-bond acceptors (Lipinski definition) is 2. The zero-order chi connectivity index (χ0) is 12.4. The number of fused-ring (bicyclic) bond motifs is 3. The summed E-state index contributed by atoms with van der Waals surface area (Å²) in [4.78, 5) is 0. The van der Waals surface area contributed by atoms with Crippen molar-refractivity contribution in [2.24, 2.45) is 22.7 Å². The van der Waals surface area contributed by atoms with Gasteiger partial charge in [-0.05, 0) is 60.8 Å². The van der Waals surface area contributed by atoms with Gasteiger partial charge in [0.1, 0.15) is 0 Å². The van der Waals surface area contributed by atoms with E-state index in [4.69, 9.17) is 0 Å². The molecule has 3 rings (SSSR count).